The summed E-state index contributed by atoms with van der Waals surface area (Å²) in [6.45, 7) is 6.89. The molecule has 4 heteroatoms. The number of benzene rings is 2. The van der Waals surface area contributed by atoms with Crippen molar-refractivity contribution in [3.8, 4) is 0 Å². The van der Waals surface area contributed by atoms with Gasteiger partial charge in [0.05, 0.1) is 6.54 Å². The number of para-hydroxylation sites is 1. The van der Waals surface area contributed by atoms with Crippen LogP contribution < -0.4 is 15.5 Å². The molecule has 1 saturated heterocycles. The van der Waals surface area contributed by atoms with E-state index in [4.69, 9.17) is 4.99 Å². The van der Waals surface area contributed by atoms with Gasteiger partial charge in [-0.3, -0.25) is 0 Å². The lowest BCUT2D eigenvalue weighted by molar-refractivity contribution is 0.566. The van der Waals surface area contributed by atoms with E-state index < -0.39 is 0 Å². The Balaban J connectivity index is 1.50. The molecule has 1 atom stereocenters. The molecule has 0 saturated carbocycles. The Morgan fingerprint density at radius 2 is 1.76 bits per heavy atom. The molecule has 132 valence electrons. The number of nitrogens with one attached hydrogen (secondary N) is 2. The Bertz CT molecular complexity index is 654. The SMILES string of the molecule is CCNC(=NCc1ccccc1)NCC1CCN(c2ccccc2)C1. The second-order valence-corrected chi connectivity index (χ2v) is 6.50. The number of rotatable bonds is 6. The second kappa shape index (κ2) is 9.11. The Morgan fingerprint density at radius 1 is 1.04 bits per heavy atom. The van der Waals surface area contributed by atoms with Gasteiger partial charge in [-0.05, 0) is 37.0 Å². The minimum absolute atomic E-state index is 0.654. The van der Waals surface area contributed by atoms with E-state index in [0.717, 1.165) is 32.1 Å². The zero-order valence-corrected chi connectivity index (χ0v) is 15.0. The maximum atomic E-state index is 4.70. The van der Waals surface area contributed by atoms with Gasteiger partial charge in [0.25, 0.3) is 0 Å². The Labute approximate surface area is 151 Å². The van der Waals surface area contributed by atoms with E-state index in [1.54, 1.807) is 0 Å². The highest BCUT2D eigenvalue weighted by atomic mass is 15.2. The average Bonchev–Trinajstić information content (AvgIpc) is 3.15. The van der Waals surface area contributed by atoms with Crippen LogP contribution in [0.2, 0.25) is 0 Å². The van der Waals surface area contributed by atoms with Crippen molar-refractivity contribution in [1.82, 2.24) is 10.6 Å². The number of nitrogens with zero attached hydrogens (tertiary/aromatic N) is 2. The van der Waals surface area contributed by atoms with E-state index in [-0.39, 0.29) is 0 Å². The Morgan fingerprint density at radius 3 is 2.48 bits per heavy atom. The van der Waals surface area contributed by atoms with Crippen LogP contribution >= 0.6 is 0 Å². The second-order valence-electron chi connectivity index (χ2n) is 6.50. The molecule has 1 unspecified atom stereocenters. The predicted octanol–water partition coefficient (Wildman–Crippen LogP) is 3.27. The summed E-state index contributed by atoms with van der Waals surface area (Å²) in [5.74, 6) is 1.56. The average molecular weight is 336 g/mol. The normalized spacial score (nSPS) is 17.6. The third kappa shape index (κ3) is 5.24. The highest BCUT2D eigenvalue weighted by molar-refractivity contribution is 5.79. The first kappa shape index (κ1) is 17.3. The van der Waals surface area contributed by atoms with Crippen molar-refractivity contribution in [2.45, 2.75) is 19.9 Å². The van der Waals surface area contributed by atoms with Crippen LogP contribution in [0, 0.1) is 5.92 Å². The molecular weight excluding hydrogens is 308 g/mol. The molecule has 4 nitrogen and oxygen atoms in total. The number of guanidine groups is 1. The first-order valence-corrected chi connectivity index (χ1v) is 9.21. The molecule has 25 heavy (non-hydrogen) atoms. The van der Waals surface area contributed by atoms with Crippen LogP contribution in [0.25, 0.3) is 0 Å². The summed E-state index contributed by atoms with van der Waals surface area (Å²) < 4.78 is 0. The first-order chi connectivity index (χ1) is 12.3. The third-order valence-corrected chi connectivity index (χ3v) is 4.57. The molecule has 0 spiro atoms. The molecule has 0 aromatic heterocycles. The van der Waals surface area contributed by atoms with Gasteiger partial charge in [0, 0.05) is 31.9 Å². The first-order valence-electron chi connectivity index (χ1n) is 9.21. The van der Waals surface area contributed by atoms with Crippen LogP contribution in [-0.4, -0.2) is 32.1 Å². The molecule has 2 aromatic rings. The van der Waals surface area contributed by atoms with Crippen molar-refractivity contribution in [3.05, 3.63) is 66.2 Å². The van der Waals surface area contributed by atoms with Crippen molar-refractivity contribution in [2.24, 2.45) is 10.9 Å². The van der Waals surface area contributed by atoms with Crippen molar-refractivity contribution in [1.29, 1.82) is 0 Å². The maximum Gasteiger partial charge on any atom is 0.191 e. The molecule has 2 N–H and O–H groups in total. The van der Waals surface area contributed by atoms with Crippen LogP contribution in [0.3, 0.4) is 0 Å². The molecule has 0 aliphatic carbocycles. The summed E-state index contributed by atoms with van der Waals surface area (Å²) in [6, 6.07) is 21.1. The fourth-order valence-corrected chi connectivity index (χ4v) is 3.21. The van der Waals surface area contributed by atoms with Gasteiger partial charge in [-0.1, -0.05) is 48.5 Å². The number of aliphatic imine (C=N–C) groups is 1. The lowest BCUT2D eigenvalue weighted by Crippen LogP contribution is -2.40. The minimum Gasteiger partial charge on any atom is -0.371 e. The number of anilines is 1. The largest absolute Gasteiger partial charge is 0.371 e. The van der Waals surface area contributed by atoms with Gasteiger partial charge in [0.2, 0.25) is 0 Å². The molecule has 1 aliphatic heterocycles. The number of hydrogen-bond donors (Lipinski definition) is 2. The Hall–Kier alpha value is -2.49. The standard InChI is InChI=1S/C21H28N4/c1-2-22-21(23-15-18-9-5-3-6-10-18)24-16-19-13-14-25(17-19)20-11-7-4-8-12-20/h3-12,19H,2,13-17H2,1H3,(H2,22,23,24). The predicted molar refractivity (Wildman–Crippen MR) is 106 cm³/mol. The topological polar surface area (TPSA) is 39.7 Å². The van der Waals surface area contributed by atoms with Crippen LogP contribution in [0.5, 0.6) is 0 Å². The maximum absolute atomic E-state index is 4.70. The van der Waals surface area contributed by atoms with Crippen LogP contribution in [0.1, 0.15) is 18.9 Å². The monoisotopic (exact) mass is 336 g/mol. The van der Waals surface area contributed by atoms with E-state index >= 15 is 0 Å². The smallest absolute Gasteiger partial charge is 0.191 e. The van der Waals surface area contributed by atoms with Gasteiger partial charge in [-0.2, -0.15) is 0 Å². The van der Waals surface area contributed by atoms with Crippen molar-refractivity contribution in [3.63, 3.8) is 0 Å². The fourth-order valence-electron chi connectivity index (χ4n) is 3.21. The summed E-state index contributed by atoms with van der Waals surface area (Å²) in [6.07, 6.45) is 1.22. The van der Waals surface area contributed by atoms with E-state index in [1.165, 1.54) is 17.7 Å². The highest BCUT2D eigenvalue weighted by Crippen LogP contribution is 2.22. The Kier molecular flexibility index (Phi) is 6.32. The van der Waals surface area contributed by atoms with E-state index in [9.17, 15) is 0 Å². The van der Waals surface area contributed by atoms with E-state index in [0.29, 0.717) is 12.5 Å². The molecule has 1 aliphatic rings. The van der Waals surface area contributed by atoms with Gasteiger partial charge in [0.15, 0.2) is 5.96 Å². The highest BCUT2D eigenvalue weighted by Gasteiger charge is 2.22. The van der Waals surface area contributed by atoms with Crippen LogP contribution in [0.15, 0.2) is 65.7 Å². The lowest BCUT2D eigenvalue weighted by Gasteiger charge is -2.19. The molecule has 0 amide bonds. The van der Waals surface area contributed by atoms with Gasteiger partial charge >= 0.3 is 0 Å². The lowest BCUT2D eigenvalue weighted by atomic mass is 10.1. The molecule has 2 aromatic carbocycles. The summed E-state index contributed by atoms with van der Waals surface area (Å²) >= 11 is 0. The quantitative estimate of drug-likeness (QED) is 0.628. The van der Waals surface area contributed by atoms with Crippen molar-refractivity contribution >= 4 is 11.6 Å². The molecule has 3 rings (SSSR count). The van der Waals surface area contributed by atoms with Gasteiger partial charge < -0.3 is 15.5 Å². The van der Waals surface area contributed by atoms with E-state index in [2.05, 4.69) is 77.1 Å². The van der Waals surface area contributed by atoms with Gasteiger partial charge in [0.1, 0.15) is 0 Å². The molecule has 1 fully saturated rings. The summed E-state index contributed by atoms with van der Waals surface area (Å²) in [7, 11) is 0. The molecule has 0 radical (unpaired) electrons. The minimum atomic E-state index is 0.654. The zero-order valence-electron chi connectivity index (χ0n) is 15.0. The summed E-state index contributed by atoms with van der Waals surface area (Å²) in [4.78, 5) is 7.18. The molecule has 1 heterocycles. The van der Waals surface area contributed by atoms with Crippen LogP contribution in [0.4, 0.5) is 5.69 Å². The van der Waals surface area contributed by atoms with Gasteiger partial charge in [-0.25, -0.2) is 4.99 Å². The van der Waals surface area contributed by atoms with Crippen molar-refractivity contribution < 1.29 is 0 Å². The summed E-state index contributed by atoms with van der Waals surface area (Å²) in [5, 5.41) is 6.86. The van der Waals surface area contributed by atoms with Crippen LogP contribution in [-0.2, 0) is 6.54 Å². The van der Waals surface area contributed by atoms with E-state index in [1.807, 2.05) is 6.07 Å². The van der Waals surface area contributed by atoms with Crippen molar-refractivity contribution in [2.75, 3.05) is 31.1 Å². The molecule has 0 bridgehead atoms. The third-order valence-electron chi connectivity index (χ3n) is 4.57. The summed E-state index contributed by atoms with van der Waals surface area (Å²) in [5.41, 5.74) is 2.56. The number of hydrogen-bond acceptors (Lipinski definition) is 2. The zero-order chi connectivity index (χ0) is 17.3. The fraction of sp³-hybridized carbons (Fsp3) is 0.381. The molecular formula is C21H28N4. The van der Waals surface area contributed by atoms with Gasteiger partial charge in [-0.15, -0.1) is 0 Å².